The fraction of sp³-hybridized carbons (Fsp3) is 0.333. The van der Waals surface area contributed by atoms with E-state index in [9.17, 15) is 19.1 Å². The quantitative estimate of drug-likeness (QED) is 0.676. The highest BCUT2D eigenvalue weighted by molar-refractivity contribution is 5.00. The van der Waals surface area contributed by atoms with Crippen LogP contribution in [0.5, 0.6) is 0 Å². The number of hydrogen-bond donors (Lipinski definition) is 2. The molecule has 1 aliphatic rings. The molecule has 2 N–H and O–H groups in total. The fourth-order valence-corrected chi connectivity index (χ4v) is 1.47. The maximum absolute atomic E-state index is 13.0. The molecule has 0 amide bonds. The summed E-state index contributed by atoms with van der Waals surface area (Å²) in [6.07, 6.45) is -0.908. The molecule has 0 unspecified atom stereocenters. The van der Waals surface area contributed by atoms with Gasteiger partial charge in [0.05, 0.1) is 6.20 Å². The largest absolute Gasteiger partial charge is 0.472 e. The molecular weight excluding hydrogens is 219 g/mol. The van der Waals surface area contributed by atoms with Gasteiger partial charge in [0.2, 0.25) is 5.82 Å². The van der Waals surface area contributed by atoms with Crippen LogP contribution in [0.3, 0.4) is 0 Å². The highest BCUT2D eigenvalue weighted by atomic mass is 19.1. The van der Waals surface area contributed by atoms with Gasteiger partial charge in [0, 0.05) is 6.42 Å². The molecule has 6 nitrogen and oxygen atoms in total. The number of aliphatic hydroxyl groups excluding tert-OH is 1. The number of nitrogens with one attached hydrogen (secondary N) is 1. The number of aliphatic hydroxyl groups is 1. The number of rotatable bonds is 1. The van der Waals surface area contributed by atoms with Gasteiger partial charge in [0.1, 0.15) is 11.9 Å². The Morgan fingerprint density at radius 3 is 2.88 bits per heavy atom. The molecule has 86 valence electrons. The molecule has 0 aliphatic carbocycles. The van der Waals surface area contributed by atoms with Crippen molar-refractivity contribution in [1.29, 1.82) is 0 Å². The summed E-state index contributed by atoms with van der Waals surface area (Å²) in [7, 11) is 0. The lowest BCUT2D eigenvalue weighted by Crippen LogP contribution is -2.33. The second-order valence-electron chi connectivity index (χ2n) is 3.43. The zero-order chi connectivity index (χ0) is 11.9. The fourth-order valence-electron chi connectivity index (χ4n) is 1.47. The van der Waals surface area contributed by atoms with E-state index in [1.165, 1.54) is 0 Å². The second kappa shape index (κ2) is 3.60. The first-order chi connectivity index (χ1) is 7.49. The third-order valence-corrected chi connectivity index (χ3v) is 2.32. The summed E-state index contributed by atoms with van der Waals surface area (Å²) in [5.74, 6) is -0.973. The van der Waals surface area contributed by atoms with Crippen LogP contribution in [0.4, 0.5) is 4.39 Å². The Bertz CT molecular complexity index is 547. The minimum atomic E-state index is -1.09. The van der Waals surface area contributed by atoms with Crippen molar-refractivity contribution >= 4 is 0 Å². The molecule has 1 aromatic rings. The van der Waals surface area contributed by atoms with E-state index in [1.807, 2.05) is 0 Å². The number of hydrogen-bond acceptors (Lipinski definition) is 4. The van der Waals surface area contributed by atoms with Crippen LogP contribution >= 0.6 is 0 Å². The number of nitrogens with zero attached hydrogens (tertiary/aromatic N) is 1. The van der Waals surface area contributed by atoms with E-state index in [-0.39, 0.29) is 12.2 Å². The summed E-state index contributed by atoms with van der Waals surface area (Å²) >= 11 is 0. The Kier molecular flexibility index (Phi) is 2.39. The van der Waals surface area contributed by atoms with Crippen LogP contribution in [0.25, 0.3) is 0 Å². The van der Waals surface area contributed by atoms with Gasteiger partial charge in [-0.2, -0.15) is 4.39 Å². The van der Waals surface area contributed by atoms with Crippen LogP contribution in [-0.4, -0.2) is 20.8 Å². The van der Waals surface area contributed by atoms with Gasteiger partial charge in [0.15, 0.2) is 6.23 Å². The summed E-state index contributed by atoms with van der Waals surface area (Å²) in [5, 5.41) is 9.34. The van der Waals surface area contributed by atoms with Crippen LogP contribution in [0.15, 0.2) is 28.1 Å². The van der Waals surface area contributed by atoms with Crippen molar-refractivity contribution in [1.82, 2.24) is 9.55 Å². The maximum Gasteiger partial charge on any atom is 0.331 e. The van der Waals surface area contributed by atoms with Gasteiger partial charge in [-0.3, -0.25) is 14.3 Å². The summed E-state index contributed by atoms with van der Waals surface area (Å²) < 4.78 is 18.9. The van der Waals surface area contributed by atoms with E-state index in [0.29, 0.717) is 0 Å². The molecule has 0 radical (unpaired) electrons. The standard InChI is InChI=1S/C9H9FN2O4/c1-4-6(13)2-7(16-4)12-3-5(10)8(14)11-9(12)15/h3,6-7,13H,1-2H2,(H,11,14,15)/t6-,7+/m0/s1. The van der Waals surface area contributed by atoms with Crippen molar-refractivity contribution < 1.29 is 14.2 Å². The normalized spacial score (nSPS) is 24.5. The molecule has 2 rings (SSSR count). The molecule has 16 heavy (non-hydrogen) atoms. The lowest BCUT2D eigenvalue weighted by atomic mass is 10.2. The van der Waals surface area contributed by atoms with E-state index in [1.54, 1.807) is 4.98 Å². The number of aromatic nitrogens is 2. The predicted molar refractivity (Wildman–Crippen MR) is 51.2 cm³/mol. The SMILES string of the molecule is C=C1O[C@@H](n2cc(F)c(=O)[nH]c2=O)C[C@@H]1O. The van der Waals surface area contributed by atoms with Gasteiger partial charge in [-0.1, -0.05) is 6.58 Å². The first-order valence-corrected chi connectivity index (χ1v) is 4.53. The summed E-state index contributed by atoms with van der Waals surface area (Å²) in [5.41, 5.74) is -1.88. The molecule has 2 atom stereocenters. The van der Waals surface area contributed by atoms with E-state index in [0.717, 1.165) is 10.8 Å². The molecule has 2 heterocycles. The summed E-state index contributed by atoms with van der Waals surface area (Å²) in [6, 6.07) is 0. The second-order valence-corrected chi connectivity index (χ2v) is 3.43. The van der Waals surface area contributed by atoms with Crippen LogP contribution in [0.1, 0.15) is 12.6 Å². The summed E-state index contributed by atoms with van der Waals surface area (Å²) in [6.45, 7) is 3.43. The monoisotopic (exact) mass is 228 g/mol. The van der Waals surface area contributed by atoms with Gasteiger partial charge in [-0.05, 0) is 0 Å². The first kappa shape index (κ1) is 10.6. The molecule has 1 saturated heterocycles. The smallest absolute Gasteiger partial charge is 0.331 e. The Morgan fingerprint density at radius 2 is 2.31 bits per heavy atom. The zero-order valence-corrected chi connectivity index (χ0v) is 8.14. The summed E-state index contributed by atoms with van der Waals surface area (Å²) in [4.78, 5) is 23.9. The molecule has 1 fully saturated rings. The topological polar surface area (TPSA) is 84.3 Å². The van der Waals surface area contributed by atoms with Crippen molar-refractivity contribution in [3.63, 3.8) is 0 Å². The van der Waals surface area contributed by atoms with Crippen LogP contribution < -0.4 is 11.2 Å². The Hall–Kier alpha value is -1.89. The molecule has 0 spiro atoms. The van der Waals surface area contributed by atoms with Gasteiger partial charge >= 0.3 is 5.69 Å². The van der Waals surface area contributed by atoms with Crippen molar-refractivity contribution in [2.45, 2.75) is 18.8 Å². The molecule has 0 bridgehead atoms. The minimum absolute atomic E-state index is 0.0875. The third-order valence-electron chi connectivity index (χ3n) is 2.32. The predicted octanol–water partition coefficient (Wildman–Crippen LogP) is -0.531. The van der Waals surface area contributed by atoms with Gasteiger partial charge in [-0.25, -0.2) is 4.79 Å². The lowest BCUT2D eigenvalue weighted by Gasteiger charge is -2.12. The molecule has 7 heteroatoms. The zero-order valence-electron chi connectivity index (χ0n) is 8.14. The first-order valence-electron chi connectivity index (χ1n) is 4.53. The average molecular weight is 228 g/mol. The molecular formula is C9H9FN2O4. The van der Waals surface area contributed by atoms with E-state index >= 15 is 0 Å². The minimum Gasteiger partial charge on any atom is -0.472 e. The lowest BCUT2D eigenvalue weighted by molar-refractivity contribution is 0.0922. The Morgan fingerprint density at radius 1 is 1.62 bits per heavy atom. The number of H-pyrrole nitrogens is 1. The Balaban J connectivity index is 2.43. The van der Waals surface area contributed by atoms with Gasteiger partial charge in [-0.15, -0.1) is 0 Å². The van der Waals surface area contributed by atoms with Crippen molar-refractivity contribution in [3.8, 4) is 0 Å². The molecule has 0 aromatic carbocycles. The molecule has 1 aliphatic heterocycles. The number of ether oxygens (including phenoxy) is 1. The van der Waals surface area contributed by atoms with Crippen molar-refractivity contribution in [2.24, 2.45) is 0 Å². The van der Waals surface area contributed by atoms with Crippen molar-refractivity contribution in [3.05, 3.63) is 45.2 Å². The van der Waals surface area contributed by atoms with Crippen LogP contribution in [0.2, 0.25) is 0 Å². The van der Waals surface area contributed by atoms with Gasteiger partial charge < -0.3 is 9.84 Å². The number of halogens is 1. The van der Waals surface area contributed by atoms with Crippen molar-refractivity contribution in [2.75, 3.05) is 0 Å². The van der Waals surface area contributed by atoms with E-state index in [2.05, 4.69) is 6.58 Å². The number of aromatic amines is 1. The third kappa shape index (κ3) is 1.65. The van der Waals surface area contributed by atoms with Gasteiger partial charge in [0.25, 0.3) is 5.56 Å². The maximum atomic E-state index is 13.0. The average Bonchev–Trinajstić information content (AvgIpc) is 2.53. The van der Waals surface area contributed by atoms with E-state index in [4.69, 9.17) is 4.74 Å². The highest BCUT2D eigenvalue weighted by Crippen LogP contribution is 2.28. The van der Waals surface area contributed by atoms with Crippen LogP contribution in [0, 0.1) is 5.82 Å². The van der Waals surface area contributed by atoms with Crippen LogP contribution in [-0.2, 0) is 4.74 Å². The molecule has 1 aromatic heterocycles. The molecule has 0 saturated carbocycles. The van der Waals surface area contributed by atoms with E-state index < -0.39 is 29.4 Å². The Labute approximate surface area is 88.6 Å². The highest BCUT2D eigenvalue weighted by Gasteiger charge is 2.30.